The van der Waals surface area contributed by atoms with Crippen LogP contribution in [0.3, 0.4) is 0 Å². The number of fused-ring (bicyclic) bond motifs is 1. The quantitative estimate of drug-likeness (QED) is 0.865. The lowest BCUT2D eigenvalue weighted by Crippen LogP contribution is -2.25. The molecule has 0 unspecified atom stereocenters. The average molecular weight is 349 g/mol. The van der Waals surface area contributed by atoms with E-state index in [1.807, 2.05) is 0 Å². The summed E-state index contributed by atoms with van der Waals surface area (Å²) in [7, 11) is 0. The van der Waals surface area contributed by atoms with Crippen LogP contribution in [0.4, 0.5) is 5.00 Å². The minimum Gasteiger partial charge on any atom is -0.545 e. The van der Waals surface area contributed by atoms with Gasteiger partial charge in [-0.3, -0.25) is 4.79 Å². The number of halogens is 1. The minimum atomic E-state index is -1.24. The Labute approximate surface area is 143 Å². The molecule has 0 bridgehead atoms. The smallest absolute Gasteiger partial charge is 0.257 e. The number of carboxylic acids is 1. The molecule has 2 aromatic rings. The molecule has 0 aliphatic heterocycles. The Morgan fingerprint density at radius 3 is 2.61 bits per heavy atom. The van der Waals surface area contributed by atoms with Crippen molar-refractivity contribution in [3.05, 3.63) is 50.9 Å². The van der Waals surface area contributed by atoms with Crippen LogP contribution in [0.1, 0.15) is 50.4 Å². The zero-order valence-corrected chi connectivity index (χ0v) is 13.9. The van der Waals surface area contributed by atoms with Gasteiger partial charge in [0.2, 0.25) is 0 Å². The highest BCUT2D eigenvalue weighted by Gasteiger charge is 2.22. The summed E-state index contributed by atoms with van der Waals surface area (Å²) in [5.74, 6) is -1.65. The largest absolute Gasteiger partial charge is 0.545 e. The number of anilines is 1. The van der Waals surface area contributed by atoms with E-state index in [-0.39, 0.29) is 5.56 Å². The van der Waals surface area contributed by atoms with Crippen LogP contribution < -0.4 is 10.4 Å². The average Bonchev–Trinajstić information content (AvgIpc) is 2.69. The number of nitrogens with one attached hydrogen (secondary N) is 1. The third-order valence-corrected chi connectivity index (χ3v) is 5.51. The number of carbonyl (C=O) groups is 2. The lowest BCUT2D eigenvalue weighted by atomic mass is 10.1. The molecule has 0 spiro atoms. The van der Waals surface area contributed by atoms with E-state index in [0.717, 1.165) is 42.5 Å². The van der Waals surface area contributed by atoms with Gasteiger partial charge in [0, 0.05) is 10.4 Å². The van der Waals surface area contributed by atoms with Crippen molar-refractivity contribution in [1.29, 1.82) is 0 Å². The molecule has 1 aromatic carbocycles. The predicted molar refractivity (Wildman–Crippen MR) is 89.3 cm³/mol. The first kappa shape index (κ1) is 16.0. The van der Waals surface area contributed by atoms with Gasteiger partial charge in [0.15, 0.2) is 0 Å². The fourth-order valence-electron chi connectivity index (χ4n) is 2.86. The van der Waals surface area contributed by atoms with E-state index in [1.165, 1.54) is 11.3 Å². The Morgan fingerprint density at radius 2 is 1.87 bits per heavy atom. The van der Waals surface area contributed by atoms with Gasteiger partial charge < -0.3 is 15.2 Å². The molecule has 6 heteroatoms. The predicted octanol–water partition coefficient (Wildman–Crippen LogP) is 3.29. The lowest BCUT2D eigenvalue weighted by molar-refractivity contribution is -0.254. The van der Waals surface area contributed by atoms with Crippen LogP contribution in [0.15, 0.2) is 24.3 Å². The van der Waals surface area contributed by atoms with Gasteiger partial charge >= 0.3 is 0 Å². The summed E-state index contributed by atoms with van der Waals surface area (Å²) in [5.41, 5.74) is 1.27. The van der Waals surface area contributed by atoms with Crippen LogP contribution in [0.5, 0.6) is 0 Å². The van der Waals surface area contributed by atoms with Crippen LogP contribution in [0, 0.1) is 0 Å². The molecule has 0 saturated heterocycles. The number of thiophene rings is 1. The van der Waals surface area contributed by atoms with Gasteiger partial charge in [-0.1, -0.05) is 30.2 Å². The second-order valence-corrected chi connectivity index (χ2v) is 7.00. The SMILES string of the molecule is O=C(Nc1sc2c(c1C(=O)[O-])CCCCC2)c1ccccc1Cl. The van der Waals surface area contributed by atoms with Crippen molar-refractivity contribution < 1.29 is 14.7 Å². The maximum absolute atomic E-state index is 12.4. The number of hydrogen-bond acceptors (Lipinski definition) is 4. The molecule has 1 heterocycles. The second-order valence-electron chi connectivity index (χ2n) is 5.49. The second kappa shape index (κ2) is 6.72. The fourth-order valence-corrected chi connectivity index (χ4v) is 4.36. The van der Waals surface area contributed by atoms with Crippen molar-refractivity contribution in [2.45, 2.75) is 32.1 Å². The molecule has 120 valence electrons. The summed E-state index contributed by atoms with van der Waals surface area (Å²) in [6.07, 6.45) is 4.66. The number of benzene rings is 1. The number of carbonyl (C=O) groups excluding carboxylic acids is 2. The van der Waals surface area contributed by atoms with Gasteiger partial charge in [0.1, 0.15) is 5.00 Å². The van der Waals surface area contributed by atoms with Crippen LogP contribution in [-0.4, -0.2) is 11.9 Å². The van der Waals surface area contributed by atoms with Crippen LogP contribution in [-0.2, 0) is 12.8 Å². The van der Waals surface area contributed by atoms with E-state index in [0.29, 0.717) is 15.6 Å². The molecule has 1 amide bonds. The van der Waals surface area contributed by atoms with E-state index in [2.05, 4.69) is 5.32 Å². The molecule has 0 atom stereocenters. The summed E-state index contributed by atoms with van der Waals surface area (Å²) >= 11 is 7.36. The number of hydrogen-bond donors (Lipinski definition) is 1. The number of carboxylic acid groups (broad SMARTS) is 1. The minimum absolute atomic E-state index is 0.132. The summed E-state index contributed by atoms with van der Waals surface area (Å²) in [5, 5.41) is 15.0. The van der Waals surface area contributed by atoms with Gasteiger partial charge in [-0.05, 0) is 43.4 Å². The molecule has 1 aromatic heterocycles. The molecule has 1 aliphatic carbocycles. The topological polar surface area (TPSA) is 69.2 Å². The van der Waals surface area contributed by atoms with Crippen molar-refractivity contribution in [2.75, 3.05) is 5.32 Å². The zero-order valence-electron chi connectivity index (χ0n) is 12.4. The number of aromatic carboxylic acids is 1. The standard InChI is InChI=1S/C17H16ClNO3S/c18-12-8-5-4-6-10(12)15(20)19-16-14(17(21)22)11-7-2-1-3-9-13(11)23-16/h4-6,8H,1-3,7,9H2,(H,19,20)(H,21,22)/p-1. The molecular formula is C17H15ClNO3S-. The molecular weight excluding hydrogens is 334 g/mol. The molecule has 0 fully saturated rings. The molecule has 23 heavy (non-hydrogen) atoms. The number of rotatable bonds is 3. The summed E-state index contributed by atoms with van der Waals surface area (Å²) in [6, 6.07) is 6.68. The maximum Gasteiger partial charge on any atom is 0.257 e. The Morgan fingerprint density at radius 1 is 1.13 bits per heavy atom. The van der Waals surface area contributed by atoms with Crippen molar-refractivity contribution in [1.82, 2.24) is 0 Å². The Bertz CT molecular complexity index is 769. The van der Waals surface area contributed by atoms with Crippen LogP contribution in [0.25, 0.3) is 0 Å². The molecule has 4 nitrogen and oxygen atoms in total. The van der Waals surface area contributed by atoms with Gasteiger partial charge in [-0.15, -0.1) is 11.3 Å². The summed E-state index contributed by atoms with van der Waals surface area (Å²) in [6.45, 7) is 0. The highest BCUT2D eigenvalue weighted by molar-refractivity contribution is 7.17. The highest BCUT2D eigenvalue weighted by Crippen LogP contribution is 2.37. The first-order valence-electron chi connectivity index (χ1n) is 7.49. The Balaban J connectivity index is 1.95. The van der Waals surface area contributed by atoms with Gasteiger partial charge in [-0.2, -0.15) is 0 Å². The third-order valence-electron chi connectivity index (χ3n) is 3.97. The van der Waals surface area contributed by atoms with E-state index >= 15 is 0 Å². The fraction of sp³-hybridized carbons (Fsp3) is 0.294. The summed E-state index contributed by atoms with van der Waals surface area (Å²) < 4.78 is 0. The molecule has 0 radical (unpaired) electrons. The summed E-state index contributed by atoms with van der Waals surface area (Å²) in [4.78, 5) is 25.0. The highest BCUT2D eigenvalue weighted by atomic mass is 35.5. The van der Waals surface area contributed by atoms with Crippen molar-refractivity contribution in [3.63, 3.8) is 0 Å². The van der Waals surface area contributed by atoms with E-state index in [9.17, 15) is 14.7 Å². The van der Waals surface area contributed by atoms with Crippen molar-refractivity contribution in [3.8, 4) is 0 Å². The normalized spacial score (nSPS) is 14.0. The Kier molecular flexibility index (Phi) is 4.68. The van der Waals surface area contributed by atoms with Crippen molar-refractivity contribution >= 4 is 39.8 Å². The molecule has 1 N–H and O–H groups in total. The third kappa shape index (κ3) is 3.26. The lowest BCUT2D eigenvalue weighted by Gasteiger charge is -2.10. The van der Waals surface area contributed by atoms with Gasteiger partial charge in [0.05, 0.1) is 16.6 Å². The molecule has 0 saturated carbocycles. The monoisotopic (exact) mass is 348 g/mol. The van der Waals surface area contributed by atoms with E-state index in [1.54, 1.807) is 24.3 Å². The number of amides is 1. The number of aryl methyl sites for hydroxylation is 1. The molecule has 1 aliphatic rings. The van der Waals surface area contributed by atoms with Gasteiger partial charge in [-0.25, -0.2) is 0 Å². The Hall–Kier alpha value is -1.85. The van der Waals surface area contributed by atoms with E-state index in [4.69, 9.17) is 11.6 Å². The first-order valence-corrected chi connectivity index (χ1v) is 8.69. The zero-order chi connectivity index (χ0) is 16.4. The maximum atomic E-state index is 12.4. The van der Waals surface area contributed by atoms with E-state index < -0.39 is 11.9 Å². The van der Waals surface area contributed by atoms with Crippen LogP contribution >= 0.6 is 22.9 Å². The van der Waals surface area contributed by atoms with Crippen molar-refractivity contribution in [2.24, 2.45) is 0 Å². The van der Waals surface area contributed by atoms with Gasteiger partial charge in [0.25, 0.3) is 5.91 Å². The first-order chi connectivity index (χ1) is 11.1. The van der Waals surface area contributed by atoms with Crippen LogP contribution in [0.2, 0.25) is 5.02 Å². The molecule has 3 rings (SSSR count).